The Labute approximate surface area is 197 Å². The Balaban J connectivity index is 2.18. The first-order valence-electron chi connectivity index (χ1n) is 9.84. The predicted molar refractivity (Wildman–Crippen MR) is 127 cm³/mol. The van der Waals surface area contributed by atoms with Crippen LogP contribution < -0.4 is 10.6 Å². The molecule has 34 heavy (non-hydrogen) atoms. The Morgan fingerprint density at radius 1 is 0.765 bits per heavy atom. The van der Waals surface area contributed by atoms with Crippen LogP contribution in [0.3, 0.4) is 0 Å². The molecule has 0 aliphatic carbocycles. The number of aromatic nitrogens is 1. The molecule has 0 spiro atoms. The van der Waals surface area contributed by atoms with E-state index in [0.717, 1.165) is 0 Å². The zero-order chi connectivity index (χ0) is 25.4. The normalized spacial score (nSPS) is 11.7. The third-order valence-electron chi connectivity index (χ3n) is 5.20. The van der Waals surface area contributed by atoms with Gasteiger partial charge >= 0.3 is 0 Å². The van der Waals surface area contributed by atoms with E-state index in [2.05, 4.69) is 15.6 Å². The van der Waals surface area contributed by atoms with Gasteiger partial charge in [0.25, 0.3) is 20.2 Å². The van der Waals surface area contributed by atoms with Crippen LogP contribution in [-0.4, -0.2) is 30.9 Å². The van der Waals surface area contributed by atoms with Gasteiger partial charge in [0.05, 0.1) is 16.9 Å². The van der Waals surface area contributed by atoms with Crippen molar-refractivity contribution in [2.75, 3.05) is 10.6 Å². The van der Waals surface area contributed by atoms with Gasteiger partial charge in [0.1, 0.15) is 21.7 Å². The molecule has 0 fully saturated rings. The molecule has 3 aromatic rings. The summed E-state index contributed by atoms with van der Waals surface area (Å²) >= 11 is 0. The number of pyridine rings is 1. The van der Waals surface area contributed by atoms with Gasteiger partial charge in [-0.05, 0) is 74.2 Å². The van der Waals surface area contributed by atoms with Crippen LogP contribution in [0.15, 0.2) is 46.2 Å². The van der Waals surface area contributed by atoms with Gasteiger partial charge in [-0.1, -0.05) is 12.1 Å². The maximum Gasteiger partial charge on any atom is 0.296 e. The van der Waals surface area contributed by atoms with Crippen LogP contribution in [0.25, 0.3) is 0 Å². The summed E-state index contributed by atoms with van der Waals surface area (Å²) in [5.74, 6) is 0.163. The predicted octanol–water partition coefficient (Wildman–Crippen LogP) is 4.17. The highest BCUT2D eigenvalue weighted by atomic mass is 32.2. The molecule has 4 N–H and O–H groups in total. The van der Waals surface area contributed by atoms with E-state index in [1.54, 1.807) is 39.8 Å². The van der Waals surface area contributed by atoms with E-state index in [9.17, 15) is 31.2 Å². The monoisotopic (exact) mass is 502 g/mol. The smallest absolute Gasteiger partial charge is 0.296 e. The second-order valence-corrected chi connectivity index (χ2v) is 10.5. The molecular weight excluding hydrogens is 480 g/mol. The molecule has 0 radical (unpaired) electrons. The zero-order valence-corrected chi connectivity index (χ0v) is 20.3. The number of nitrogens with one attached hydrogen (secondary N) is 2. The minimum absolute atomic E-state index is 0.000244. The number of nitrogens with zero attached hydrogens (tertiary/aromatic N) is 2. The molecule has 0 saturated heterocycles. The van der Waals surface area contributed by atoms with Gasteiger partial charge in [0, 0.05) is 0 Å². The number of nitriles is 1. The van der Waals surface area contributed by atoms with Gasteiger partial charge in [-0.15, -0.1) is 0 Å². The van der Waals surface area contributed by atoms with E-state index in [-0.39, 0.29) is 33.5 Å². The molecule has 178 valence electrons. The maximum atomic E-state index is 11.9. The number of benzene rings is 2. The fourth-order valence-corrected chi connectivity index (χ4v) is 4.75. The lowest BCUT2D eigenvalue weighted by Crippen LogP contribution is -2.10. The van der Waals surface area contributed by atoms with Crippen LogP contribution in [0, 0.1) is 39.0 Å². The van der Waals surface area contributed by atoms with Crippen molar-refractivity contribution in [1.29, 1.82) is 5.26 Å². The van der Waals surface area contributed by atoms with Crippen LogP contribution in [0.2, 0.25) is 0 Å². The number of aryl methyl sites for hydroxylation is 2. The van der Waals surface area contributed by atoms with Gasteiger partial charge < -0.3 is 10.6 Å². The molecule has 12 heteroatoms. The minimum atomic E-state index is -4.58. The summed E-state index contributed by atoms with van der Waals surface area (Å²) in [6.07, 6.45) is 0. The van der Waals surface area contributed by atoms with E-state index >= 15 is 0 Å². The maximum absolute atomic E-state index is 11.9. The molecule has 2 aromatic carbocycles. The lowest BCUT2D eigenvalue weighted by Gasteiger charge is -2.18. The van der Waals surface area contributed by atoms with Gasteiger partial charge in [0.2, 0.25) is 0 Å². The molecule has 0 atom stereocenters. The number of anilines is 4. The molecule has 0 aliphatic rings. The summed E-state index contributed by atoms with van der Waals surface area (Å²) in [6, 6.07) is 10.8. The van der Waals surface area contributed by atoms with Crippen LogP contribution in [0.1, 0.15) is 27.8 Å². The van der Waals surface area contributed by atoms with E-state index < -0.39 is 25.1 Å². The summed E-state index contributed by atoms with van der Waals surface area (Å²) in [6.45, 7) is 6.66. The first-order valence-corrected chi connectivity index (χ1v) is 12.7. The standard InChI is InChI=1S/C22H22N4O6S2/c1-12-5-7-17(19(9-12)33(27,28)29)24-21-15(4)14(3)16(11-23)22(26-21)25-18-8-6-13(2)10-20(18)34(30,31)32/h5-10H,1-4H3,(H2,24,25,26)(H,27,28,29)(H,30,31,32). The van der Waals surface area contributed by atoms with E-state index in [1.807, 2.05) is 6.07 Å². The molecule has 10 nitrogen and oxygen atoms in total. The quantitative estimate of drug-likeness (QED) is 0.359. The highest BCUT2D eigenvalue weighted by molar-refractivity contribution is 7.86. The van der Waals surface area contributed by atoms with Crippen molar-refractivity contribution < 1.29 is 25.9 Å². The van der Waals surface area contributed by atoms with Gasteiger partial charge in [-0.25, -0.2) is 4.98 Å². The van der Waals surface area contributed by atoms with E-state index in [4.69, 9.17) is 0 Å². The molecule has 0 unspecified atom stereocenters. The average molecular weight is 503 g/mol. The zero-order valence-electron chi connectivity index (χ0n) is 18.7. The van der Waals surface area contributed by atoms with Crippen molar-refractivity contribution in [2.24, 2.45) is 0 Å². The SMILES string of the molecule is Cc1ccc(Nc2nc(Nc3ccc(C)cc3S(=O)(=O)O)c(C#N)c(C)c2C)c(S(=O)(=O)O)c1. The van der Waals surface area contributed by atoms with Crippen LogP contribution >= 0.6 is 0 Å². The summed E-state index contributed by atoms with van der Waals surface area (Å²) in [5.41, 5.74) is 2.42. The molecular formula is C22H22N4O6S2. The van der Waals surface area contributed by atoms with Crippen LogP contribution in [-0.2, 0) is 20.2 Å². The first kappa shape index (κ1) is 25.1. The van der Waals surface area contributed by atoms with Crippen LogP contribution in [0.5, 0.6) is 0 Å². The molecule has 1 heterocycles. The van der Waals surface area contributed by atoms with Crippen molar-refractivity contribution in [2.45, 2.75) is 37.5 Å². The molecule has 1 aromatic heterocycles. The highest BCUT2D eigenvalue weighted by Gasteiger charge is 2.22. The van der Waals surface area contributed by atoms with Gasteiger partial charge in [-0.3, -0.25) is 9.11 Å². The molecule has 0 saturated carbocycles. The lowest BCUT2D eigenvalue weighted by molar-refractivity contribution is 0.481. The van der Waals surface area contributed by atoms with Crippen molar-refractivity contribution >= 4 is 43.2 Å². The molecule has 0 aliphatic heterocycles. The molecule has 0 bridgehead atoms. The third kappa shape index (κ3) is 5.18. The minimum Gasteiger partial charge on any atom is -0.339 e. The van der Waals surface area contributed by atoms with E-state index in [1.165, 1.54) is 24.3 Å². The fraction of sp³-hybridized carbons (Fsp3) is 0.182. The van der Waals surface area contributed by atoms with E-state index in [0.29, 0.717) is 22.3 Å². The Morgan fingerprint density at radius 3 is 1.62 bits per heavy atom. The van der Waals surface area contributed by atoms with Crippen molar-refractivity contribution in [3.63, 3.8) is 0 Å². The number of rotatable bonds is 6. The second kappa shape index (κ2) is 9.03. The fourth-order valence-electron chi connectivity index (χ4n) is 3.29. The molecule has 0 amide bonds. The summed E-state index contributed by atoms with van der Waals surface area (Å²) in [7, 11) is -9.13. The molecule has 3 rings (SSSR count). The first-order chi connectivity index (χ1) is 15.7. The Morgan fingerprint density at radius 2 is 1.21 bits per heavy atom. The van der Waals surface area contributed by atoms with Crippen molar-refractivity contribution in [3.05, 3.63) is 64.2 Å². The van der Waals surface area contributed by atoms with Gasteiger partial charge in [-0.2, -0.15) is 22.1 Å². The highest BCUT2D eigenvalue weighted by Crippen LogP contribution is 2.33. The number of hydrogen-bond acceptors (Lipinski definition) is 8. The largest absolute Gasteiger partial charge is 0.339 e. The Kier molecular flexibility index (Phi) is 6.68. The van der Waals surface area contributed by atoms with Crippen molar-refractivity contribution in [3.8, 4) is 6.07 Å². The van der Waals surface area contributed by atoms with Crippen LogP contribution in [0.4, 0.5) is 23.0 Å². The van der Waals surface area contributed by atoms with Gasteiger partial charge in [0.15, 0.2) is 5.82 Å². The summed E-state index contributed by atoms with van der Waals surface area (Å²) in [5, 5.41) is 15.4. The average Bonchev–Trinajstić information content (AvgIpc) is 2.73. The lowest BCUT2D eigenvalue weighted by atomic mass is 10.1. The third-order valence-corrected chi connectivity index (χ3v) is 6.99. The second-order valence-electron chi connectivity index (χ2n) is 7.75. The van der Waals surface area contributed by atoms with Crippen molar-refractivity contribution in [1.82, 2.24) is 4.98 Å². The summed E-state index contributed by atoms with van der Waals surface area (Å²) in [4.78, 5) is 3.65. The summed E-state index contributed by atoms with van der Waals surface area (Å²) < 4.78 is 66.8. The Hall–Kier alpha value is -3.50. The topological polar surface area (TPSA) is 169 Å². The Bertz CT molecular complexity index is 1560. The number of hydrogen-bond donors (Lipinski definition) is 4.